The molecule has 0 amide bonds. The summed E-state index contributed by atoms with van der Waals surface area (Å²) in [5.41, 5.74) is 10.1. The van der Waals surface area contributed by atoms with E-state index < -0.39 is 0 Å². The van der Waals surface area contributed by atoms with E-state index >= 15 is 0 Å². The lowest BCUT2D eigenvalue weighted by molar-refractivity contribution is 0.915. The van der Waals surface area contributed by atoms with Gasteiger partial charge < -0.3 is 0 Å². The SMILES string of the molecule is CC1=Cc2ccccc2C1C[Si]c1ccc(C2C(C)=Cc3ccccc32)cc1. The molecule has 0 nitrogen and oxygen atoms in total. The number of benzene rings is 3. The van der Waals surface area contributed by atoms with Crippen LogP contribution in [-0.4, -0.2) is 9.52 Å². The molecule has 2 aliphatic carbocycles. The van der Waals surface area contributed by atoms with Crippen molar-refractivity contribution in [2.75, 3.05) is 0 Å². The largest absolute Gasteiger partial charge is 0.0817 e. The number of hydrogen-bond acceptors (Lipinski definition) is 0. The molecule has 2 aliphatic rings. The summed E-state index contributed by atoms with van der Waals surface area (Å²) < 4.78 is 0. The lowest BCUT2D eigenvalue weighted by atomic mass is 9.89. The molecule has 0 spiro atoms. The van der Waals surface area contributed by atoms with Crippen molar-refractivity contribution in [3.05, 3.63) is 112 Å². The Balaban J connectivity index is 1.32. The molecule has 0 fully saturated rings. The minimum atomic E-state index is 0.417. The van der Waals surface area contributed by atoms with Gasteiger partial charge in [0.05, 0.1) is 9.52 Å². The molecule has 2 radical (unpaired) electrons. The topological polar surface area (TPSA) is 0 Å². The van der Waals surface area contributed by atoms with Crippen LogP contribution in [0.25, 0.3) is 12.2 Å². The van der Waals surface area contributed by atoms with E-state index in [9.17, 15) is 0 Å². The maximum atomic E-state index is 2.36. The van der Waals surface area contributed by atoms with E-state index in [-0.39, 0.29) is 0 Å². The molecule has 28 heavy (non-hydrogen) atoms. The molecule has 0 N–H and O–H groups in total. The Hall–Kier alpha value is -2.64. The van der Waals surface area contributed by atoms with Crippen LogP contribution in [0.5, 0.6) is 0 Å². The Bertz CT molecular complexity index is 1090. The van der Waals surface area contributed by atoms with Gasteiger partial charge in [-0.25, -0.2) is 0 Å². The third kappa shape index (κ3) is 3.00. The van der Waals surface area contributed by atoms with Gasteiger partial charge in [0.15, 0.2) is 0 Å². The summed E-state index contributed by atoms with van der Waals surface area (Å²) in [4.78, 5) is 0. The van der Waals surface area contributed by atoms with Crippen LogP contribution in [0, 0.1) is 0 Å². The minimum Gasteiger partial charge on any atom is -0.0655 e. The molecule has 0 aliphatic heterocycles. The van der Waals surface area contributed by atoms with Gasteiger partial charge >= 0.3 is 0 Å². The van der Waals surface area contributed by atoms with Gasteiger partial charge in [-0.3, -0.25) is 0 Å². The van der Waals surface area contributed by atoms with Crippen LogP contribution in [0.2, 0.25) is 6.04 Å². The minimum absolute atomic E-state index is 0.417. The second-order valence-corrected chi connectivity index (χ2v) is 9.36. The summed E-state index contributed by atoms with van der Waals surface area (Å²) >= 11 is 0. The highest BCUT2D eigenvalue weighted by atomic mass is 28.2. The number of hydrogen-bond donors (Lipinski definition) is 0. The van der Waals surface area contributed by atoms with Gasteiger partial charge in [-0.1, -0.05) is 101 Å². The van der Waals surface area contributed by atoms with Crippen LogP contribution in [0.3, 0.4) is 0 Å². The first-order valence-corrected chi connectivity index (χ1v) is 11.3. The lowest BCUT2D eigenvalue weighted by Gasteiger charge is -2.16. The van der Waals surface area contributed by atoms with Crippen molar-refractivity contribution >= 4 is 26.9 Å². The molecular formula is C27H24Si. The molecule has 0 saturated carbocycles. The average molecular weight is 377 g/mol. The fraction of sp³-hybridized carbons (Fsp3) is 0.185. The predicted molar refractivity (Wildman–Crippen MR) is 121 cm³/mol. The first-order valence-electron chi connectivity index (χ1n) is 10.1. The lowest BCUT2D eigenvalue weighted by Crippen LogP contribution is -2.16. The normalized spacial score (nSPS) is 19.8. The van der Waals surface area contributed by atoms with E-state index in [1.54, 1.807) is 0 Å². The van der Waals surface area contributed by atoms with Gasteiger partial charge in [0.1, 0.15) is 0 Å². The molecule has 2 unspecified atom stereocenters. The van der Waals surface area contributed by atoms with Crippen LogP contribution in [0.1, 0.15) is 53.5 Å². The Morgan fingerprint density at radius 2 is 1.29 bits per heavy atom. The molecule has 0 saturated heterocycles. The monoisotopic (exact) mass is 376 g/mol. The summed E-state index contributed by atoms with van der Waals surface area (Å²) in [6.07, 6.45) is 4.70. The van der Waals surface area contributed by atoms with Crippen molar-refractivity contribution in [2.45, 2.75) is 31.7 Å². The van der Waals surface area contributed by atoms with Crippen molar-refractivity contribution in [3.63, 3.8) is 0 Å². The fourth-order valence-electron chi connectivity index (χ4n) is 4.76. The Morgan fingerprint density at radius 3 is 2.04 bits per heavy atom. The van der Waals surface area contributed by atoms with Gasteiger partial charge in [0, 0.05) is 11.8 Å². The Labute approximate surface area is 170 Å². The van der Waals surface area contributed by atoms with Crippen molar-refractivity contribution in [2.24, 2.45) is 0 Å². The van der Waals surface area contributed by atoms with Crippen molar-refractivity contribution in [1.29, 1.82) is 0 Å². The van der Waals surface area contributed by atoms with Gasteiger partial charge in [-0.2, -0.15) is 0 Å². The van der Waals surface area contributed by atoms with E-state index in [4.69, 9.17) is 0 Å². The molecule has 5 rings (SSSR count). The quantitative estimate of drug-likeness (QED) is 0.477. The highest BCUT2D eigenvalue weighted by molar-refractivity contribution is 6.53. The van der Waals surface area contributed by atoms with E-state index in [1.165, 1.54) is 50.2 Å². The second kappa shape index (κ2) is 7.07. The van der Waals surface area contributed by atoms with Crippen LogP contribution >= 0.6 is 0 Å². The molecule has 3 aromatic carbocycles. The Kier molecular flexibility index (Phi) is 4.41. The van der Waals surface area contributed by atoms with Crippen LogP contribution < -0.4 is 5.19 Å². The van der Waals surface area contributed by atoms with Gasteiger partial charge in [-0.05, 0) is 47.7 Å². The highest BCUT2D eigenvalue weighted by Gasteiger charge is 2.24. The van der Waals surface area contributed by atoms with Gasteiger partial charge in [0.2, 0.25) is 0 Å². The van der Waals surface area contributed by atoms with E-state index in [0.29, 0.717) is 11.8 Å². The average Bonchev–Trinajstić information content (AvgIpc) is 3.22. The van der Waals surface area contributed by atoms with E-state index in [0.717, 1.165) is 9.52 Å². The highest BCUT2D eigenvalue weighted by Crippen LogP contribution is 2.40. The van der Waals surface area contributed by atoms with E-state index in [1.807, 2.05) is 0 Å². The zero-order chi connectivity index (χ0) is 19.1. The van der Waals surface area contributed by atoms with Crippen LogP contribution in [0.15, 0.2) is 83.9 Å². The molecule has 136 valence electrons. The fourth-order valence-corrected chi connectivity index (χ4v) is 6.14. The predicted octanol–water partition coefficient (Wildman–Crippen LogP) is 6.18. The van der Waals surface area contributed by atoms with Crippen molar-refractivity contribution < 1.29 is 0 Å². The maximum Gasteiger partial charge on any atom is 0.0817 e. The molecule has 0 heterocycles. The van der Waals surface area contributed by atoms with Crippen LogP contribution in [-0.2, 0) is 0 Å². The molecule has 3 aromatic rings. The number of rotatable bonds is 4. The molecule has 0 bridgehead atoms. The van der Waals surface area contributed by atoms with Crippen molar-refractivity contribution in [3.8, 4) is 0 Å². The standard InChI is InChI=1S/C27H24Si/c1-18-15-21-7-3-5-9-24(21)26(18)17-28-23-13-11-20(12-14-23)27-19(2)16-22-8-4-6-10-25(22)27/h3-16,26-27H,17H2,1-2H3. The first kappa shape index (κ1) is 17.5. The molecule has 2 atom stereocenters. The molecular weight excluding hydrogens is 352 g/mol. The second-order valence-electron chi connectivity index (χ2n) is 8.02. The third-order valence-electron chi connectivity index (χ3n) is 6.20. The summed E-state index contributed by atoms with van der Waals surface area (Å²) in [6.45, 7) is 4.54. The number of allylic oxidation sites excluding steroid dienone is 2. The number of fused-ring (bicyclic) bond motifs is 2. The van der Waals surface area contributed by atoms with Crippen LogP contribution in [0.4, 0.5) is 0 Å². The van der Waals surface area contributed by atoms with E-state index in [2.05, 4.69) is 98.8 Å². The zero-order valence-corrected chi connectivity index (χ0v) is 17.4. The third-order valence-corrected chi connectivity index (χ3v) is 7.56. The van der Waals surface area contributed by atoms with Gasteiger partial charge in [-0.15, -0.1) is 0 Å². The first-order chi connectivity index (χ1) is 13.7. The van der Waals surface area contributed by atoms with Gasteiger partial charge in [0.25, 0.3) is 0 Å². The summed E-state index contributed by atoms with van der Waals surface area (Å²) in [7, 11) is 0.845. The summed E-state index contributed by atoms with van der Waals surface area (Å²) in [6, 6.07) is 28.2. The summed E-state index contributed by atoms with van der Waals surface area (Å²) in [5, 5.41) is 1.47. The maximum absolute atomic E-state index is 2.36. The van der Waals surface area contributed by atoms with Crippen molar-refractivity contribution in [1.82, 2.24) is 0 Å². The summed E-state index contributed by atoms with van der Waals surface area (Å²) in [5.74, 6) is 1.00. The Morgan fingerprint density at radius 1 is 0.679 bits per heavy atom. The smallest absolute Gasteiger partial charge is 0.0655 e. The zero-order valence-electron chi connectivity index (χ0n) is 16.4. The molecule has 1 heteroatoms. The molecule has 0 aromatic heterocycles.